The Hall–Kier alpha value is -4.71. The van der Waals surface area contributed by atoms with Crippen LogP contribution in [0, 0.1) is 0 Å². The maximum absolute atomic E-state index is 12.8. The molecule has 0 rings (SSSR count). The summed E-state index contributed by atoms with van der Waals surface area (Å²) in [5.41, 5.74) is 0. The number of ether oxygens (including phenoxy) is 3. The molecule has 0 radical (unpaired) electrons. The zero-order valence-electron chi connectivity index (χ0n) is 45.4. The first kappa shape index (κ1) is 66.3. The van der Waals surface area contributed by atoms with Gasteiger partial charge in [0.2, 0.25) is 0 Å². The lowest BCUT2D eigenvalue weighted by atomic mass is 10.1. The van der Waals surface area contributed by atoms with E-state index >= 15 is 0 Å². The monoisotopic (exact) mass is 979 g/mol. The Labute approximate surface area is 436 Å². The highest BCUT2D eigenvalue weighted by atomic mass is 16.6. The van der Waals surface area contributed by atoms with Crippen LogP contribution in [0.5, 0.6) is 0 Å². The summed E-state index contributed by atoms with van der Waals surface area (Å²) < 4.78 is 16.8. The third kappa shape index (κ3) is 56.1. The van der Waals surface area contributed by atoms with E-state index < -0.39 is 6.10 Å². The van der Waals surface area contributed by atoms with Gasteiger partial charge in [-0.15, -0.1) is 0 Å². The summed E-state index contributed by atoms with van der Waals surface area (Å²) >= 11 is 0. The number of unbranched alkanes of at least 4 members (excludes halogenated alkanes) is 14. The molecule has 1 atom stereocenters. The van der Waals surface area contributed by atoms with Crippen molar-refractivity contribution >= 4 is 17.9 Å². The molecule has 6 heteroatoms. The maximum atomic E-state index is 12.8. The van der Waals surface area contributed by atoms with Gasteiger partial charge in [0.25, 0.3) is 0 Å². The van der Waals surface area contributed by atoms with Gasteiger partial charge in [-0.2, -0.15) is 0 Å². The van der Waals surface area contributed by atoms with Gasteiger partial charge in [0.15, 0.2) is 6.10 Å². The molecular formula is C65H102O6. The van der Waals surface area contributed by atoms with Gasteiger partial charge in [-0.1, -0.05) is 218 Å². The first-order valence-electron chi connectivity index (χ1n) is 28.3. The smallest absolute Gasteiger partial charge is 0.306 e. The number of hydrogen-bond acceptors (Lipinski definition) is 6. The molecule has 0 aromatic heterocycles. The van der Waals surface area contributed by atoms with Crippen LogP contribution in [0.4, 0.5) is 0 Å². The van der Waals surface area contributed by atoms with Gasteiger partial charge in [-0.3, -0.25) is 14.4 Å². The van der Waals surface area contributed by atoms with Gasteiger partial charge in [-0.05, 0) is 135 Å². The minimum atomic E-state index is -0.831. The fraction of sp³-hybridized carbons (Fsp3) is 0.585. The molecule has 0 aliphatic carbocycles. The summed E-state index contributed by atoms with van der Waals surface area (Å²) in [6.45, 7) is 6.29. The molecule has 0 bridgehead atoms. The summed E-state index contributed by atoms with van der Waals surface area (Å²) in [5.74, 6) is -1.02. The van der Waals surface area contributed by atoms with Crippen molar-refractivity contribution in [1.29, 1.82) is 0 Å². The standard InChI is InChI=1S/C65H102O6/c1-4-7-10-13-16-19-22-25-28-31-32-35-37-40-43-46-49-52-55-58-64(67)70-61-62(71-65(68)59-56-53-50-47-44-41-38-34-30-27-24-21-18-15-12-9-6-3)60-69-63(66)57-54-51-48-45-42-39-36-33-29-26-23-20-17-14-11-8-5-2/h8-9,11-12,16-21,25-30,32,35-36,38-39,41,47,50,62H,4-7,10,13-15,22-24,31,33-34,37,40,42-46,48-49,51-61H2,1-3H3/b11-8-,12-9-,19-16-,20-17-,21-18-,28-25-,29-26-,30-27-,35-32-,39-36-,41-38-,50-47-. The highest BCUT2D eigenvalue weighted by Gasteiger charge is 2.19. The summed E-state index contributed by atoms with van der Waals surface area (Å²) in [5, 5.41) is 0. The molecule has 0 aliphatic rings. The number of carbonyl (C=O) groups is 3. The lowest BCUT2D eigenvalue weighted by Crippen LogP contribution is -2.30. The molecule has 71 heavy (non-hydrogen) atoms. The van der Waals surface area contributed by atoms with Crippen LogP contribution in [0.3, 0.4) is 0 Å². The van der Waals surface area contributed by atoms with Crippen LogP contribution in [-0.4, -0.2) is 37.2 Å². The average molecular weight is 980 g/mol. The number of esters is 3. The fourth-order valence-corrected chi connectivity index (χ4v) is 7.12. The molecule has 0 aliphatic heterocycles. The van der Waals surface area contributed by atoms with Crippen molar-refractivity contribution in [1.82, 2.24) is 0 Å². The molecular weight excluding hydrogens is 877 g/mol. The molecule has 0 heterocycles. The summed E-state index contributed by atoms with van der Waals surface area (Å²) in [6, 6.07) is 0. The molecule has 6 nitrogen and oxygen atoms in total. The quantitative estimate of drug-likeness (QED) is 0.0262. The van der Waals surface area contributed by atoms with E-state index in [0.29, 0.717) is 19.3 Å². The Morgan fingerprint density at radius 3 is 0.901 bits per heavy atom. The number of hydrogen-bond donors (Lipinski definition) is 0. The average Bonchev–Trinajstić information content (AvgIpc) is 3.37. The van der Waals surface area contributed by atoms with E-state index in [0.717, 1.165) is 141 Å². The number of rotatable bonds is 49. The predicted molar refractivity (Wildman–Crippen MR) is 306 cm³/mol. The molecule has 1 unspecified atom stereocenters. The molecule has 0 amide bonds. The fourth-order valence-electron chi connectivity index (χ4n) is 7.12. The van der Waals surface area contributed by atoms with Crippen LogP contribution in [-0.2, 0) is 28.6 Å². The van der Waals surface area contributed by atoms with Crippen molar-refractivity contribution in [2.24, 2.45) is 0 Å². The molecule has 0 saturated carbocycles. The minimum Gasteiger partial charge on any atom is -0.462 e. The molecule has 0 aromatic carbocycles. The highest BCUT2D eigenvalue weighted by molar-refractivity contribution is 5.71. The molecule has 0 aromatic rings. The molecule has 0 saturated heterocycles. The van der Waals surface area contributed by atoms with E-state index in [1.807, 2.05) is 0 Å². The van der Waals surface area contributed by atoms with Crippen molar-refractivity contribution in [2.75, 3.05) is 13.2 Å². The second-order valence-corrected chi connectivity index (χ2v) is 18.1. The summed E-state index contributed by atoms with van der Waals surface area (Å²) in [6.07, 6.45) is 82.6. The minimum absolute atomic E-state index is 0.122. The van der Waals surface area contributed by atoms with Crippen LogP contribution in [0.1, 0.15) is 226 Å². The van der Waals surface area contributed by atoms with E-state index in [1.165, 1.54) is 38.5 Å². The first-order valence-corrected chi connectivity index (χ1v) is 28.3. The Morgan fingerprint density at radius 2 is 0.563 bits per heavy atom. The van der Waals surface area contributed by atoms with E-state index in [1.54, 1.807) is 0 Å². The Morgan fingerprint density at radius 1 is 0.296 bits per heavy atom. The largest absolute Gasteiger partial charge is 0.462 e. The Bertz CT molecular complexity index is 1590. The van der Waals surface area contributed by atoms with Gasteiger partial charge < -0.3 is 14.2 Å². The number of carbonyl (C=O) groups excluding carboxylic acids is 3. The highest BCUT2D eigenvalue weighted by Crippen LogP contribution is 2.12. The predicted octanol–water partition coefficient (Wildman–Crippen LogP) is 19.2. The van der Waals surface area contributed by atoms with Crippen LogP contribution >= 0.6 is 0 Å². The second-order valence-electron chi connectivity index (χ2n) is 18.1. The third-order valence-corrected chi connectivity index (χ3v) is 11.3. The SMILES string of the molecule is CC/C=C\C/C=C\C/C=C\C/C=C\C/C=C\CCCC(=O)OC(COC(=O)CCCCCC/C=C\C/C=C\C/C=C\C/C=C\CC)COC(=O)CCCCCCCC/C=C\C/C=C\C/C=C\CCCCC. The van der Waals surface area contributed by atoms with Crippen molar-refractivity contribution < 1.29 is 28.6 Å². The molecule has 0 fully saturated rings. The van der Waals surface area contributed by atoms with E-state index in [4.69, 9.17) is 14.2 Å². The zero-order chi connectivity index (χ0) is 51.4. The first-order chi connectivity index (χ1) is 35.0. The molecule has 0 spiro atoms. The van der Waals surface area contributed by atoms with E-state index in [2.05, 4.69) is 167 Å². The lowest BCUT2D eigenvalue weighted by Gasteiger charge is -2.18. The Kier molecular flexibility index (Phi) is 54.0. The van der Waals surface area contributed by atoms with Crippen LogP contribution in [0.15, 0.2) is 146 Å². The normalized spacial score (nSPS) is 13.2. The second kappa shape index (κ2) is 57.9. The maximum Gasteiger partial charge on any atom is 0.306 e. The topological polar surface area (TPSA) is 78.9 Å². The summed E-state index contributed by atoms with van der Waals surface area (Å²) in [7, 11) is 0. The van der Waals surface area contributed by atoms with Crippen molar-refractivity contribution in [3.05, 3.63) is 146 Å². The van der Waals surface area contributed by atoms with Crippen molar-refractivity contribution in [3.63, 3.8) is 0 Å². The van der Waals surface area contributed by atoms with Gasteiger partial charge in [0.1, 0.15) is 13.2 Å². The van der Waals surface area contributed by atoms with Gasteiger partial charge in [-0.25, -0.2) is 0 Å². The van der Waals surface area contributed by atoms with Crippen molar-refractivity contribution in [3.8, 4) is 0 Å². The number of allylic oxidation sites excluding steroid dienone is 24. The third-order valence-electron chi connectivity index (χ3n) is 11.3. The zero-order valence-corrected chi connectivity index (χ0v) is 45.4. The molecule has 398 valence electrons. The Balaban J connectivity index is 4.57. The molecule has 0 N–H and O–H groups in total. The summed E-state index contributed by atoms with van der Waals surface area (Å²) in [4.78, 5) is 38.2. The van der Waals surface area contributed by atoms with Crippen LogP contribution in [0.2, 0.25) is 0 Å². The van der Waals surface area contributed by atoms with Gasteiger partial charge in [0.05, 0.1) is 0 Å². The van der Waals surface area contributed by atoms with Crippen LogP contribution in [0.25, 0.3) is 0 Å². The van der Waals surface area contributed by atoms with Crippen molar-refractivity contribution in [2.45, 2.75) is 232 Å². The van der Waals surface area contributed by atoms with Gasteiger partial charge in [0, 0.05) is 19.3 Å². The lowest BCUT2D eigenvalue weighted by molar-refractivity contribution is -0.167. The van der Waals surface area contributed by atoms with E-state index in [9.17, 15) is 14.4 Å². The van der Waals surface area contributed by atoms with Gasteiger partial charge >= 0.3 is 17.9 Å². The van der Waals surface area contributed by atoms with E-state index in [-0.39, 0.29) is 37.5 Å². The van der Waals surface area contributed by atoms with Crippen LogP contribution < -0.4 is 0 Å².